The average molecular weight is 389 g/mol. The molecule has 0 saturated carbocycles. The second kappa shape index (κ2) is 8.90. The van der Waals surface area contributed by atoms with Gasteiger partial charge in [-0.1, -0.05) is 103 Å². The molecular formula is C24H34ClP. The van der Waals surface area contributed by atoms with Gasteiger partial charge >= 0.3 is 0 Å². The van der Waals surface area contributed by atoms with Crippen molar-refractivity contribution in [1.29, 1.82) is 0 Å². The van der Waals surface area contributed by atoms with Crippen molar-refractivity contribution < 1.29 is 0 Å². The van der Waals surface area contributed by atoms with E-state index in [-0.39, 0.29) is 0 Å². The molecule has 0 fully saturated rings. The zero-order valence-electron chi connectivity index (χ0n) is 17.6. The Hall–Kier alpha value is -0.840. The lowest BCUT2D eigenvalue weighted by Crippen LogP contribution is -2.24. The summed E-state index contributed by atoms with van der Waals surface area (Å²) in [7, 11) is -0.912. The number of rotatable bonds is 6. The minimum atomic E-state index is -0.912. The highest BCUT2D eigenvalue weighted by atomic mass is 35.7. The van der Waals surface area contributed by atoms with Gasteiger partial charge in [-0.25, -0.2) is 0 Å². The van der Waals surface area contributed by atoms with Gasteiger partial charge in [-0.05, 0) is 45.9 Å². The molecule has 0 aliphatic heterocycles. The van der Waals surface area contributed by atoms with Gasteiger partial charge in [0.1, 0.15) is 0 Å². The van der Waals surface area contributed by atoms with E-state index in [2.05, 4.69) is 91.8 Å². The molecule has 0 unspecified atom stereocenters. The molecule has 0 amide bonds. The summed E-state index contributed by atoms with van der Waals surface area (Å²) in [6, 6.07) is 13.5. The molecule has 0 heterocycles. The van der Waals surface area contributed by atoms with Crippen LogP contribution in [0.25, 0.3) is 0 Å². The predicted molar refractivity (Wildman–Crippen MR) is 121 cm³/mol. The zero-order chi connectivity index (χ0) is 19.6. The Morgan fingerprint density at radius 3 is 0.962 bits per heavy atom. The van der Waals surface area contributed by atoms with E-state index in [1.165, 1.54) is 32.9 Å². The number of halogens is 1. The van der Waals surface area contributed by atoms with E-state index >= 15 is 0 Å². The molecule has 142 valence electrons. The summed E-state index contributed by atoms with van der Waals surface area (Å²) in [5.74, 6) is 1.89. The molecule has 26 heavy (non-hydrogen) atoms. The molecule has 0 saturated heterocycles. The molecule has 0 aliphatic rings. The van der Waals surface area contributed by atoms with Gasteiger partial charge in [0.25, 0.3) is 0 Å². The van der Waals surface area contributed by atoms with E-state index in [1.807, 2.05) is 0 Å². The molecule has 0 atom stereocenters. The van der Waals surface area contributed by atoms with Crippen molar-refractivity contribution in [2.75, 3.05) is 0 Å². The lowest BCUT2D eigenvalue weighted by atomic mass is 9.95. The zero-order valence-corrected chi connectivity index (χ0v) is 19.2. The van der Waals surface area contributed by atoms with E-state index < -0.39 is 7.27 Å². The van der Waals surface area contributed by atoms with E-state index in [1.54, 1.807) is 0 Å². The Bertz CT molecular complexity index is 628. The lowest BCUT2D eigenvalue weighted by molar-refractivity contribution is 0.843. The van der Waals surface area contributed by atoms with Crippen LogP contribution in [0, 0.1) is 0 Å². The van der Waals surface area contributed by atoms with Crippen molar-refractivity contribution in [2.45, 2.75) is 79.1 Å². The largest absolute Gasteiger partial charge is 0.0858 e. The minimum Gasteiger partial charge on any atom is -0.0858 e. The molecule has 0 N–H and O–H groups in total. The fourth-order valence-corrected chi connectivity index (χ4v) is 7.22. The highest BCUT2D eigenvalue weighted by molar-refractivity contribution is 7.96. The third kappa shape index (κ3) is 4.35. The summed E-state index contributed by atoms with van der Waals surface area (Å²) in [5, 5.41) is 2.79. The van der Waals surface area contributed by atoms with E-state index in [0.717, 1.165) is 0 Å². The first-order valence-electron chi connectivity index (χ1n) is 9.88. The van der Waals surface area contributed by atoms with Crippen LogP contribution in [0.15, 0.2) is 36.4 Å². The molecule has 2 heteroatoms. The van der Waals surface area contributed by atoms with Gasteiger partial charge in [0.05, 0.1) is 7.27 Å². The van der Waals surface area contributed by atoms with Crippen LogP contribution in [-0.4, -0.2) is 0 Å². The maximum atomic E-state index is 7.39. The Labute approximate surface area is 166 Å². The molecule has 0 radical (unpaired) electrons. The molecule has 0 aliphatic carbocycles. The predicted octanol–water partition coefficient (Wildman–Crippen LogP) is 7.77. The van der Waals surface area contributed by atoms with E-state index in [9.17, 15) is 0 Å². The fourth-order valence-electron chi connectivity index (χ4n) is 3.59. The molecule has 0 bridgehead atoms. The maximum Gasteiger partial charge on any atom is 0.0535 e. The molecule has 0 aromatic heterocycles. The number of benzene rings is 2. The molecule has 2 aromatic carbocycles. The van der Waals surface area contributed by atoms with E-state index in [4.69, 9.17) is 11.2 Å². The van der Waals surface area contributed by atoms with Crippen LogP contribution < -0.4 is 10.6 Å². The van der Waals surface area contributed by atoms with Crippen LogP contribution in [0.2, 0.25) is 0 Å². The molecular weight excluding hydrogens is 355 g/mol. The van der Waals surface area contributed by atoms with Crippen molar-refractivity contribution in [3.63, 3.8) is 0 Å². The summed E-state index contributed by atoms with van der Waals surface area (Å²) in [4.78, 5) is 0. The molecule has 2 rings (SSSR count). The van der Waals surface area contributed by atoms with Crippen LogP contribution in [0.3, 0.4) is 0 Å². The first kappa shape index (κ1) is 21.5. The highest BCUT2D eigenvalue weighted by Crippen LogP contribution is 2.47. The normalized spacial score (nSPS) is 12.2. The Balaban J connectivity index is 2.80. The van der Waals surface area contributed by atoms with Gasteiger partial charge in [0.15, 0.2) is 0 Å². The van der Waals surface area contributed by atoms with Gasteiger partial charge < -0.3 is 0 Å². The van der Waals surface area contributed by atoms with Gasteiger partial charge in [-0.15, -0.1) is 0 Å². The summed E-state index contributed by atoms with van der Waals surface area (Å²) in [6.07, 6.45) is 0. The van der Waals surface area contributed by atoms with E-state index in [0.29, 0.717) is 23.7 Å². The number of hydrogen-bond acceptors (Lipinski definition) is 0. The smallest absolute Gasteiger partial charge is 0.0535 e. The summed E-state index contributed by atoms with van der Waals surface area (Å²) < 4.78 is 0. The SMILES string of the molecule is CC(C)c1cccc(C(C)C)c1P(Cl)c1c(C(C)C)cccc1C(C)C. The van der Waals surface area contributed by atoms with Gasteiger partial charge in [-0.2, -0.15) is 0 Å². The lowest BCUT2D eigenvalue weighted by Gasteiger charge is -2.28. The van der Waals surface area contributed by atoms with Crippen molar-refractivity contribution in [2.24, 2.45) is 0 Å². The van der Waals surface area contributed by atoms with Crippen LogP contribution in [-0.2, 0) is 0 Å². The average Bonchev–Trinajstić information content (AvgIpc) is 2.59. The van der Waals surface area contributed by atoms with Gasteiger partial charge in [0.2, 0.25) is 0 Å². The third-order valence-corrected chi connectivity index (χ3v) is 7.91. The Morgan fingerprint density at radius 1 is 0.538 bits per heavy atom. The minimum absolute atomic E-state index is 0.473. The van der Waals surface area contributed by atoms with Crippen molar-refractivity contribution >= 4 is 29.1 Å². The second-order valence-electron chi connectivity index (χ2n) is 8.47. The standard InChI is InChI=1S/C24H34ClP/c1-15(2)19-11-9-12-20(16(3)4)23(19)26(25)24-21(17(5)6)13-10-14-22(24)18(7)8/h9-18H,1-8H3. The summed E-state index contributed by atoms with van der Waals surface area (Å²) in [6.45, 7) is 18.2. The van der Waals surface area contributed by atoms with Crippen molar-refractivity contribution in [3.8, 4) is 0 Å². The third-order valence-electron chi connectivity index (χ3n) is 5.08. The van der Waals surface area contributed by atoms with Crippen LogP contribution in [0.1, 0.15) is 101 Å². The summed E-state index contributed by atoms with van der Waals surface area (Å²) in [5.41, 5.74) is 5.63. The van der Waals surface area contributed by atoms with Crippen molar-refractivity contribution in [3.05, 3.63) is 58.7 Å². The first-order valence-corrected chi connectivity index (χ1v) is 12.1. The van der Waals surface area contributed by atoms with Gasteiger partial charge in [-0.3, -0.25) is 0 Å². The van der Waals surface area contributed by atoms with Crippen LogP contribution in [0.5, 0.6) is 0 Å². The Kier molecular flexibility index (Phi) is 7.35. The first-order chi connectivity index (χ1) is 12.2. The van der Waals surface area contributed by atoms with Crippen LogP contribution in [0.4, 0.5) is 0 Å². The Morgan fingerprint density at radius 2 is 0.769 bits per heavy atom. The molecule has 0 spiro atoms. The number of hydrogen-bond donors (Lipinski definition) is 0. The fraction of sp³-hybridized carbons (Fsp3) is 0.500. The van der Waals surface area contributed by atoms with Gasteiger partial charge in [0, 0.05) is 10.6 Å². The second-order valence-corrected chi connectivity index (χ2v) is 10.9. The topological polar surface area (TPSA) is 0 Å². The monoisotopic (exact) mass is 388 g/mol. The molecule has 0 nitrogen and oxygen atoms in total. The van der Waals surface area contributed by atoms with Crippen molar-refractivity contribution in [1.82, 2.24) is 0 Å². The quantitative estimate of drug-likeness (QED) is 0.443. The van der Waals surface area contributed by atoms with Crippen LogP contribution >= 0.6 is 18.5 Å². The molecule has 2 aromatic rings. The highest BCUT2D eigenvalue weighted by Gasteiger charge is 2.27. The maximum absolute atomic E-state index is 7.39. The summed E-state index contributed by atoms with van der Waals surface area (Å²) >= 11 is 7.39.